The predicted molar refractivity (Wildman–Crippen MR) is 80.8 cm³/mol. The van der Waals surface area contributed by atoms with Crippen molar-refractivity contribution in [3.8, 4) is 0 Å². The minimum Gasteiger partial charge on any atom is -0.370 e. The van der Waals surface area contributed by atoms with E-state index >= 15 is 0 Å². The Morgan fingerprint density at radius 1 is 1.43 bits per heavy atom. The van der Waals surface area contributed by atoms with Gasteiger partial charge in [0, 0.05) is 50.9 Å². The van der Waals surface area contributed by atoms with Crippen LogP contribution in [0, 0.1) is 5.92 Å². The molecule has 0 spiro atoms. The van der Waals surface area contributed by atoms with E-state index < -0.39 is 0 Å². The number of hydrogen-bond donors (Lipinski definition) is 1. The van der Waals surface area contributed by atoms with Crippen molar-refractivity contribution in [3.63, 3.8) is 0 Å². The van der Waals surface area contributed by atoms with Crippen LogP contribution < -0.4 is 5.32 Å². The molecule has 1 fully saturated rings. The first-order valence-corrected chi connectivity index (χ1v) is 7.53. The molecule has 3 rings (SSSR count). The van der Waals surface area contributed by atoms with E-state index in [4.69, 9.17) is 4.74 Å². The van der Waals surface area contributed by atoms with Gasteiger partial charge >= 0.3 is 0 Å². The quantitative estimate of drug-likeness (QED) is 0.822. The molecule has 0 aliphatic carbocycles. The lowest BCUT2D eigenvalue weighted by Gasteiger charge is -2.18. The van der Waals surface area contributed by atoms with Crippen LogP contribution in [0.4, 0.5) is 0 Å². The van der Waals surface area contributed by atoms with Gasteiger partial charge in [-0.3, -0.25) is 4.98 Å². The van der Waals surface area contributed by atoms with Crippen LogP contribution in [0.2, 0.25) is 0 Å². The molecule has 0 bridgehead atoms. The minimum absolute atomic E-state index is 0.121. The smallest absolute Gasteiger partial charge is 0.137 e. The molecule has 5 heteroatoms. The van der Waals surface area contributed by atoms with Gasteiger partial charge in [-0.15, -0.1) is 0 Å². The molecule has 0 aromatic carbocycles. The lowest BCUT2D eigenvalue weighted by molar-refractivity contribution is 0.0812. The highest BCUT2D eigenvalue weighted by Gasteiger charge is 2.31. The molecule has 1 N–H and O–H groups in total. The molecule has 2 atom stereocenters. The first-order chi connectivity index (χ1) is 10.3. The Morgan fingerprint density at radius 3 is 3.14 bits per heavy atom. The highest BCUT2D eigenvalue weighted by atomic mass is 16.5. The summed E-state index contributed by atoms with van der Waals surface area (Å²) in [6, 6.07) is 4.10. The van der Waals surface area contributed by atoms with Crippen molar-refractivity contribution in [3.05, 3.63) is 48.3 Å². The Hall–Kier alpha value is -1.72. The molecule has 1 aliphatic rings. The molecule has 2 aromatic heterocycles. The van der Waals surface area contributed by atoms with E-state index in [0.717, 1.165) is 38.4 Å². The van der Waals surface area contributed by atoms with Crippen LogP contribution in [0.1, 0.15) is 23.9 Å². The van der Waals surface area contributed by atoms with Gasteiger partial charge in [0.05, 0.1) is 0 Å². The molecule has 21 heavy (non-hydrogen) atoms. The number of imidazole rings is 1. The van der Waals surface area contributed by atoms with Crippen molar-refractivity contribution < 1.29 is 4.74 Å². The zero-order valence-electron chi connectivity index (χ0n) is 12.4. The van der Waals surface area contributed by atoms with Crippen LogP contribution >= 0.6 is 0 Å². The third-order valence-corrected chi connectivity index (χ3v) is 4.05. The number of nitrogens with zero attached hydrogens (tertiary/aromatic N) is 3. The summed E-state index contributed by atoms with van der Waals surface area (Å²) in [6.45, 7) is 2.76. The van der Waals surface area contributed by atoms with E-state index in [-0.39, 0.29) is 6.10 Å². The van der Waals surface area contributed by atoms with E-state index in [2.05, 4.69) is 25.9 Å². The van der Waals surface area contributed by atoms with Gasteiger partial charge in [0.15, 0.2) is 0 Å². The van der Waals surface area contributed by atoms with E-state index in [9.17, 15) is 0 Å². The van der Waals surface area contributed by atoms with Crippen LogP contribution in [-0.2, 0) is 18.2 Å². The minimum atomic E-state index is 0.121. The summed E-state index contributed by atoms with van der Waals surface area (Å²) in [5.41, 5.74) is 1.27. The Balaban J connectivity index is 1.47. The molecule has 0 unspecified atom stereocenters. The fourth-order valence-corrected chi connectivity index (χ4v) is 2.85. The highest BCUT2D eigenvalue weighted by molar-refractivity contribution is 5.08. The third kappa shape index (κ3) is 3.49. The Kier molecular flexibility index (Phi) is 4.62. The summed E-state index contributed by atoms with van der Waals surface area (Å²) >= 11 is 0. The van der Waals surface area contributed by atoms with Crippen molar-refractivity contribution in [1.82, 2.24) is 19.9 Å². The normalized spacial score (nSPS) is 21.8. The molecule has 112 valence electrons. The fourth-order valence-electron chi connectivity index (χ4n) is 2.85. The molecule has 1 aliphatic heterocycles. The summed E-state index contributed by atoms with van der Waals surface area (Å²) < 4.78 is 7.93. The predicted octanol–water partition coefficient (Wildman–Crippen LogP) is 1.72. The lowest BCUT2D eigenvalue weighted by Crippen LogP contribution is -2.27. The van der Waals surface area contributed by atoms with Crippen LogP contribution in [0.5, 0.6) is 0 Å². The molecular weight excluding hydrogens is 264 g/mol. The van der Waals surface area contributed by atoms with Crippen molar-refractivity contribution in [1.29, 1.82) is 0 Å². The van der Waals surface area contributed by atoms with Crippen LogP contribution in [-0.4, -0.2) is 34.2 Å². The molecule has 0 amide bonds. The van der Waals surface area contributed by atoms with Crippen LogP contribution in [0.25, 0.3) is 0 Å². The van der Waals surface area contributed by atoms with Crippen molar-refractivity contribution in [2.75, 3.05) is 19.7 Å². The first kappa shape index (κ1) is 14.2. The first-order valence-electron chi connectivity index (χ1n) is 7.53. The monoisotopic (exact) mass is 286 g/mol. The number of nitrogens with one attached hydrogen (secondary N) is 1. The number of aromatic nitrogens is 3. The van der Waals surface area contributed by atoms with Gasteiger partial charge in [-0.05, 0) is 31.0 Å². The molecular formula is C16H22N4O. The lowest BCUT2D eigenvalue weighted by atomic mass is 10.0. The van der Waals surface area contributed by atoms with E-state index in [0.29, 0.717) is 5.92 Å². The molecule has 0 saturated carbocycles. The fraction of sp³-hybridized carbons (Fsp3) is 0.500. The average Bonchev–Trinajstić information content (AvgIpc) is 3.13. The van der Waals surface area contributed by atoms with Gasteiger partial charge < -0.3 is 14.6 Å². The highest BCUT2D eigenvalue weighted by Crippen LogP contribution is 2.32. The number of rotatable bonds is 6. The summed E-state index contributed by atoms with van der Waals surface area (Å²) in [6.07, 6.45) is 9.77. The zero-order valence-corrected chi connectivity index (χ0v) is 12.4. The van der Waals surface area contributed by atoms with Crippen molar-refractivity contribution >= 4 is 0 Å². The molecule has 5 nitrogen and oxygen atoms in total. The maximum atomic E-state index is 5.87. The number of hydrogen-bond acceptors (Lipinski definition) is 4. The standard InChI is InChI=1S/C16H22N4O/c1-20-9-8-19-16(20)15-14(5-10-21-15)12-18-7-4-13-3-2-6-17-11-13/h2-3,6,8-9,11,14-15,18H,4-5,7,10,12H2,1H3/t14-,15+/m0/s1. The summed E-state index contributed by atoms with van der Waals surface area (Å²) in [7, 11) is 2.02. The van der Waals surface area contributed by atoms with E-state index in [1.807, 2.05) is 37.9 Å². The maximum Gasteiger partial charge on any atom is 0.137 e. The molecule has 2 aromatic rings. The third-order valence-electron chi connectivity index (χ3n) is 4.05. The maximum absolute atomic E-state index is 5.87. The zero-order chi connectivity index (χ0) is 14.5. The van der Waals surface area contributed by atoms with Gasteiger partial charge in [-0.2, -0.15) is 0 Å². The summed E-state index contributed by atoms with van der Waals surface area (Å²) in [4.78, 5) is 8.56. The molecule has 0 radical (unpaired) electrons. The Bertz CT molecular complexity index is 554. The SMILES string of the molecule is Cn1ccnc1[C@@H]1OCC[C@H]1CNCCc1cccnc1. The second-order valence-electron chi connectivity index (χ2n) is 5.55. The van der Waals surface area contributed by atoms with Gasteiger partial charge in [0.25, 0.3) is 0 Å². The summed E-state index contributed by atoms with van der Waals surface area (Å²) in [5.74, 6) is 1.53. The average molecular weight is 286 g/mol. The topological polar surface area (TPSA) is 52.0 Å². The molecule has 1 saturated heterocycles. The number of aryl methyl sites for hydroxylation is 1. The number of pyridine rings is 1. The summed E-state index contributed by atoms with van der Waals surface area (Å²) in [5, 5.41) is 3.54. The van der Waals surface area contributed by atoms with Gasteiger partial charge in [-0.25, -0.2) is 4.98 Å². The molecule has 3 heterocycles. The van der Waals surface area contributed by atoms with Gasteiger partial charge in [0.2, 0.25) is 0 Å². The van der Waals surface area contributed by atoms with Gasteiger partial charge in [0.1, 0.15) is 11.9 Å². The van der Waals surface area contributed by atoms with Crippen molar-refractivity contribution in [2.24, 2.45) is 13.0 Å². The van der Waals surface area contributed by atoms with Crippen LogP contribution in [0.3, 0.4) is 0 Å². The van der Waals surface area contributed by atoms with E-state index in [1.165, 1.54) is 5.56 Å². The largest absolute Gasteiger partial charge is 0.370 e. The Labute approximate surface area is 125 Å². The van der Waals surface area contributed by atoms with Gasteiger partial charge in [-0.1, -0.05) is 6.07 Å². The second-order valence-corrected chi connectivity index (χ2v) is 5.55. The van der Waals surface area contributed by atoms with E-state index in [1.54, 1.807) is 0 Å². The Morgan fingerprint density at radius 2 is 2.38 bits per heavy atom. The van der Waals surface area contributed by atoms with Crippen molar-refractivity contribution in [2.45, 2.75) is 18.9 Å². The second kappa shape index (κ2) is 6.83. The number of ether oxygens (including phenoxy) is 1. The van der Waals surface area contributed by atoms with Crippen LogP contribution in [0.15, 0.2) is 36.9 Å².